The van der Waals surface area contributed by atoms with Crippen molar-refractivity contribution in [2.24, 2.45) is 5.73 Å². The summed E-state index contributed by atoms with van der Waals surface area (Å²) in [5, 5.41) is 19.5. The topological polar surface area (TPSA) is 107 Å². The maximum atomic E-state index is 7.45. The van der Waals surface area contributed by atoms with Crippen LogP contribution in [0.1, 0.15) is 13.8 Å². The summed E-state index contributed by atoms with van der Waals surface area (Å²) in [5.74, 6) is 0.453. The molecule has 0 aliphatic rings. The molecule has 0 amide bonds. The average Bonchev–Trinajstić information content (AvgIpc) is 2.18. The van der Waals surface area contributed by atoms with E-state index in [0.29, 0.717) is 0 Å². The van der Waals surface area contributed by atoms with Crippen molar-refractivity contribution < 1.29 is 4.74 Å². The van der Waals surface area contributed by atoms with E-state index in [1.54, 1.807) is 12.1 Å². The van der Waals surface area contributed by atoms with Crippen molar-refractivity contribution in [1.82, 2.24) is 5.32 Å². The molecule has 0 radical (unpaired) electrons. The number of ether oxygens (including phenoxy) is 1. The molecule has 6 N–H and O–H groups in total. The highest BCUT2D eigenvalue weighted by atomic mass is 16.5. The molecule has 1 aromatic carbocycles. The van der Waals surface area contributed by atoms with Crippen LogP contribution >= 0.6 is 0 Å². The van der Waals surface area contributed by atoms with Gasteiger partial charge in [-0.05, 0) is 38.1 Å². The highest BCUT2D eigenvalue weighted by Gasteiger charge is 2.00. The Labute approximate surface area is 100 Å². The number of hydrogen-bond acceptors (Lipinski definition) is 3. The van der Waals surface area contributed by atoms with Gasteiger partial charge in [0.25, 0.3) is 0 Å². The second-order valence-corrected chi connectivity index (χ2v) is 3.73. The fourth-order valence-corrected chi connectivity index (χ4v) is 1.20. The SMILES string of the molecule is CC(C)Oc1ccc(NC(=N)NC(=N)N)cc1. The van der Waals surface area contributed by atoms with Crippen molar-refractivity contribution in [2.75, 3.05) is 5.32 Å². The lowest BCUT2D eigenvalue weighted by Gasteiger charge is -2.11. The van der Waals surface area contributed by atoms with Gasteiger partial charge in [0.15, 0.2) is 11.9 Å². The first-order valence-corrected chi connectivity index (χ1v) is 5.20. The van der Waals surface area contributed by atoms with E-state index in [-0.39, 0.29) is 18.0 Å². The molecule has 0 aliphatic heterocycles. The van der Waals surface area contributed by atoms with Crippen LogP contribution in [0.15, 0.2) is 24.3 Å². The monoisotopic (exact) mass is 235 g/mol. The second kappa shape index (κ2) is 5.74. The molecule has 0 unspecified atom stereocenters. The van der Waals surface area contributed by atoms with Gasteiger partial charge in [0.2, 0.25) is 0 Å². The van der Waals surface area contributed by atoms with Gasteiger partial charge in [-0.3, -0.25) is 16.1 Å². The Hall–Kier alpha value is -2.24. The Kier molecular flexibility index (Phi) is 4.33. The van der Waals surface area contributed by atoms with Crippen molar-refractivity contribution in [2.45, 2.75) is 20.0 Å². The summed E-state index contributed by atoms with van der Waals surface area (Å²) in [6.45, 7) is 3.91. The number of nitrogens with two attached hydrogens (primary N) is 1. The molecular formula is C11H17N5O. The molecule has 17 heavy (non-hydrogen) atoms. The van der Waals surface area contributed by atoms with Crippen LogP contribution < -0.4 is 21.1 Å². The molecule has 0 aromatic heterocycles. The maximum Gasteiger partial charge on any atom is 0.199 e. The summed E-state index contributed by atoms with van der Waals surface area (Å²) in [4.78, 5) is 0. The molecular weight excluding hydrogens is 218 g/mol. The minimum atomic E-state index is -0.276. The molecule has 1 aromatic rings. The van der Waals surface area contributed by atoms with Gasteiger partial charge in [0, 0.05) is 5.69 Å². The van der Waals surface area contributed by atoms with E-state index in [0.717, 1.165) is 11.4 Å². The van der Waals surface area contributed by atoms with Crippen molar-refractivity contribution in [3.8, 4) is 5.75 Å². The van der Waals surface area contributed by atoms with Crippen LogP contribution in [0.25, 0.3) is 0 Å². The normalized spacial score (nSPS) is 9.82. The highest BCUT2D eigenvalue weighted by molar-refractivity contribution is 6.02. The zero-order valence-electron chi connectivity index (χ0n) is 9.87. The predicted octanol–water partition coefficient (Wildman–Crippen LogP) is 1.30. The number of nitrogens with one attached hydrogen (secondary N) is 4. The lowest BCUT2D eigenvalue weighted by molar-refractivity contribution is 0.242. The van der Waals surface area contributed by atoms with Gasteiger partial charge in [-0.25, -0.2) is 0 Å². The molecule has 0 atom stereocenters. The van der Waals surface area contributed by atoms with Gasteiger partial charge in [0.05, 0.1) is 6.10 Å². The molecule has 0 bridgehead atoms. The zero-order valence-corrected chi connectivity index (χ0v) is 9.87. The molecule has 0 aliphatic carbocycles. The fraction of sp³-hybridized carbons (Fsp3) is 0.273. The average molecular weight is 235 g/mol. The van der Waals surface area contributed by atoms with E-state index in [2.05, 4.69) is 10.6 Å². The lowest BCUT2D eigenvalue weighted by Crippen LogP contribution is -2.39. The third-order valence-corrected chi connectivity index (χ3v) is 1.76. The number of guanidine groups is 2. The molecule has 0 spiro atoms. The Morgan fingerprint density at radius 1 is 1.24 bits per heavy atom. The Morgan fingerprint density at radius 3 is 2.29 bits per heavy atom. The van der Waals surface area contributed by atoms with Crippen LogP contribution in [-0.4, -0.2) is 18.0 Å². The minimum absolute atomic E-state index is 0.0463. The third-order valence-electron chi connectivity index (χ3n) is 1.76. The van der Waals surface area contributed by atoms with Gasteiger partial charge in [0.1, 0.15) is 5.75 Å². The van der Waals surface area contributed by atoms with Crippen molar-refractivity contribution in [3.63, 3.8) is 0 Å². The first-order chi connectivity index (χ1) is 7.97. The van der Waals surface area contributed by atoms with Crippen LogP contribution in [0.5, 0.6) is 5.75 Å². The first kappa shape index (κ1) is 12.8. The van der Waals surface area contributed by atoms with E-state index < -0.39 is 0 Å². The van der Waals surface area contributed by atoms with Gasteiger partial charge < -0.3 is 15.8 Å². The second-order valence-electron chi connectivity index (χ2n) is 3.73. The van der Waals surface area contributed by atoms with Crippen LogP contribution in [-0.2, 0) is 0 Å². The predicted molar refractivity (Wildman–Crippen MR) is 68.6 cm³/mol. The summed E-state index contributed by atoms with van der Waals surface area (Å²) >= 11 is 0. The molecule has 0 saturated carbocycles. The van der Waals surface area contributed by atoms with Crippen LogP contribution in [0.3, 0.4) is 0 Å². The molecule has 0 heterocycles. The maximum absolute atomic E-state index is 7.45. The number of anilines is 1. The summed E-state index contributed by atoms with van der Waals surface area (Å²) in [6.07, 6.45) is 0.131. The summed E-state index contributed by atoms with van der Waals surface area (Å²) in [5.41, 5.74) is 5.82. The van der Waals surface area contributed by atoms with Crippen molar-refractivity contribution >= 4 is 17.6 Å². The van der Waals surface area contributed by atoms with Gasteiger partial charge in [-0.2, -0.15) is 0 Å². The highest BCUT2D eigenvalue weighted by Crippen LogP contribution is 2.16. The molecule has 0 fully saturated rings. The molecule has 0 saturated heterocycles. The fourth-order valence-electron chi connectivity index (χ4n) is 1.20. The number of hydrogen-bond donors (Lipinski definition) is 5. The van der Waals surface area contributed by atoms with Crippen molar-refractivity contribution in [3.05, 3.63) is 24.3 Å². The molecule has 1 rings (SSSR count). The third kappa shape index (κ3) is 4.87. The molecule has 6 heteroatoms. The van der Waals surface area contributed by atoms with Crippen LogP contribution in [0.4, 0.5) is 5.69 Å². The molecule has 6 nitrogen and oxygen atoms in total. The van der Waals surface area contributed by atoms with E-state index >= 15 is 0 Å². The standard InChI is InChI=1S/C11H17N5O/c1-7(2)17-9-5-3-8(4-6-9)15-11(14)16-10(12)13/h3-7H,1-2H3,(H6,12,13,14,15,16). The van der Waals surface area contributed by atoms with Gasteiger partial charge in [-0.1, -0.05) is 0 Å². The van der Waals surface area contributed by atoms with Gasteiger partial charge in [-0.15, -0.1) is 0 Å². The van der Waals surface area contributed by atoms with Crippen molar-refractivity contribution in [1.29, 1.82) is 10.8 Å². The van der Waals surface area contributed by atoms with E-state index in [4.69, 9.17) is 21.3 Å². The van der Waals surface area contributed by atoms with E-state index in [1.165, 1.54) is 0 Å². The Morgan fingerprint density at radius 2 is 1.82 bits per heavy atom. The van der Waals surface area contributed by atoms with Crippen LogP contribution in [0, 0.1) is 10.8 Å². The number of rotatable bonds is 3. The van der Waals surface area contributed by atoms with E-state index in [9.17, 15) is 0 Å². The Bertz CT molecular complexity index is 399. The van der Waals surface area contributed by atoms with Gasteiger partial charge >= 0.3 is 0 Å². The smallest absolute Gasteiger partial charge is 0.199 e. The number of benzene rings is 1. The van der Waals surface area contributed by atoms with Crippen LogP contribution in [0.2, 0.25) is 0 Å². The lowest BCUT2D eigenvalue weighted by atomic mass is 10.3. The Balaban J connectivity index is 2.56. The minimum Gasteiger partial charge on any atom is -0.491 e. The largest absolute Gasteiger partial charge is 0.491 e. The summed E-state index contributed by atoms with van der Waals surface area (Å²) in [6, 6.07) is 7.19. The van der Waals surface area contributed by atoms with E-state index in [1.807, 2.05) is 26.0 Å². The summed E-state index contributed by atoms with van der Waals surface area (Å²) < 4.78 is 5.49. The molecule has 92 valence electrons. The first-order valence-electron chi connectivity index (χ1n) is 5.20. The summed E-state index contributed by atoms with van der Waals surface area (Å²) in [7, 11) is 0. The quantitative estimate of drug-likeness (QED) is 0.402. The zero-order chi connectivity index (χ0) is 12.8.